The van der Waals surface area contributed by atoms with E-state index < -0.39 is 23.1 Å². The molecule has 0 aliphatic rings. The van der Waals surface area contributed by atoms with Gasteiger partial charge in [0.25, 0.3) is 0 Å². The third-order valence-corrected chi connectivity index (χ3v) is 3.42. The van der Waals surface area contributed by atoms with E-state index in [-0.39, 0.29) is 5.56 Å². The maximum absolute atomic E-state index is 13.5. The van der Waals surface area contributed by atoms with Gasteiger partial charge in [-0.25, -0.2) is 8.78 Å². The average Bonchev–Trinajstić information content (AvgIpc) is 3.09. The van der Waals surface area contributed by atoms with Crippen molar-refractivity contribution in [2.24, 2.45) is 0 Å². The van der Waals surface area contributed by atoms with E-state index in [0.29, 0.717) is 11.5 Å². The van der Waals surface area contributed by atoms with Crippen molar-refractivity contribution in [3.8, 4) is 17.3 Å². The van der Waals surface area contributed by atoms with Crippen molar-refractivity contribution in [3.05, 3.63) is 71.6 Å². The van der Waals surface area contributed by atoms with Crippen LogP contribution in [0.25, 0.3) is 17.3 Å². The highest BCUT2D eigenvalue weighted by molar-refractivity contribution is 6.01. The summed E-state index contributed by atoms with van der Waals surface area (Å²) in [5.41, 5.74) is 0.919. The first-order chi connectivity index (χ1) is 12.6. The summed E-state index contributed by atoms with van der Waals surface area (Å²) in [5.74, 6) is -2.12. The molecule has 0 radical (unpaired) electrons. The Hall–Kier alpha value is -3.86. The van der Waals surface area contributed by atoms with Gasteiger partial charge in [-0.1, -0.05) is 0 Å². The molecule has 8 heteroatoms. The highest BCUT2D eigenvalue weighted by Crippen LogP contribution is 2.19. The molecule has 0 aliphatic heterocycles. The number of hydrogen-bond donors (Lipinski definition) is 2. The normalized spacial score (nSPS) is 10.7. The zero-order chi connectivity index (χ0) is 18.5. The van der Waals surface area contributed by atoms with Crippen LogP contribution in [0.15, 0.2) is 48.8 Å². The molecule has 0 unspecified atom stereocenters. The maximum atomic E-state index is 13.5. The van der Waals surface area contributed by atoms with Gasteiger partial charge in [0.15, 0.2) is 0 Å². The van der Waals surface area contributed by atoms with Crippen molar-refractivity contribution in [1.82, 2.24) is 15.2 Å². The Labute approximate surface area is 146 Å². The molecule has 26 heavy (non-hydrogen) atoms. The topological polar surface area (TPSA) is 94.5 Å². The molecule has 0 bridgehead atoms. The zero-order valence-corrected chi connectivity index (χ0v) is 13.2. The van der Waals surface area contributed by atoms with Crippen molar-refractivity contribution in [2.45, 2.75) is 0 Å². The molecule has 3 rings (SSSR count). The van der Waals surface area contributed by atoms with Gasteiger partial charge in [-0.2, -0.15) is 10.4 Å². The summed E-state index contributed by atoms with van der Waals surface area (Å²) in [5, 5.41) is 17.9. The Bertz CT molecular complexity index is 999. The van der Waals surface area contributed by atoms with Gasteiger partial charge < -0.3 is 5.32 Å². The highest BCUT2D eigenvalue weighted by Gasteiger charge is 2.10. The molecule has 0 atom stereocenters. The number of anilines is 1. The number of nitriles is 1. The molecule has 6 nitrogen and oxygen atoms in total. The number of nitrogens with one attached hydrogen (secondary N) is 2. The lowest BCUT2D eigenvalue weighted by Gasteiger charge is -1.99. The Morgan fingerprint density at radius 1 is 1.19 bits per heavy atom. The lowest BCUT2D eigenvalue weighted by Crippen LogP contribution is -2.07. The van der Waals surface area contributed by atoms with Crippen molar-refractivity contribution < 1.29 is 13.6 Å². The number of carbonyl (C=O) groups excluding carboxylic acids is 1. The fourth-order valence-corrected chi connectivity index (χ4v) is 2.20. The molecule has 128 valence electrons. The molecule has 2 aromatic heterocycles. The van der Waals surface area contributed by atoms with Crippen LogP contribution in [0.4, 0.5) is 14.6 Å². The third kappa shape index (κ3) is 3.79. The van der Waals surface area contributed by atoms with Gasteiger partial charge in [-0.15, -0.1) is 0 Å². The van der Waals surface area contributed by atoms with E-state index in [0.717, 1.165) is 23.8 Å². The van der Waals surface area contributed by atoms with Crippen LogP contribution in [0.1, 0.15) is 11.1 Å². The summed E-state index contributed by atoms with van der Waals surface area (Å²) in [7, 11) is 0. The predicted molar refractivity (Wildman–Crippen MR) is 90.6 cm³/mol. The first-order valence-electron chi connectivity index (χ1n) is 7.41. The molecule has 2 N–H and O–H groups in total. The Morgan fingerprint density at radius 2 is 1.88 bits per heavy atom. The summed E-state index contributed by atoms with van der Waals surface area (Å²) in [6.45, 7) is 0. The number of aromatic amines is 1. The number of nitrogens with zero attached hydrogens (tertiary/aromatic N) is 3. The van der Waals surface area contributed by atoms with Gasteiger partial charge >= 0.3 is 0 Å². The number of halogens is 2. The quantitative estimate of drug-likeness (QED) is 0.705. The van der Waals surface area contributed by atoms with Gasteiger partial charge in [-0.05, 0) is 35.9 Å². The number of pyridine rings is 1. The summed E-state index contributed by atoms with van der Waals surface area (Å²) in [4.78, 5) is 15.8. The molecule has 0 spiro atoms. The van der Waals surface area contributed by atoms with Crippen molar-refractivity contribution in [2.75, 3.05) is 5.32 Å². The van der Waals surface area contributed by atoms with Gasteiger partial charge in [0.2, 0.25) is 5.91 Å². The van der Waals surface area contributed by atoms with E-state index in [4.69, 9.17) is 5.26 Å². The van der Waals surface area contributed by atoms with Gasteiger partial charge in [0, 0.05) is 30.1 Å². The fourth-order valence-electron chi connectivity index (χ4n) is 2.20. The molecule has 3 aromatic rings. The number of H-pyrrole nitrogens is 1. The Kier molecular flexibility index (Phi) is 4.80. The van der Waals surface area contributed by atoms with E-state index in [2.05, 4.69) is 20.5 Å². The van der Waals surface area contributed by atoms with E-state index in [1.165, 1.54) is 12.1 Å². The monoisotopic (exact) mass is 351 g/mol. The number of benzene rings is 1. The lowest BCUT2D eigenvalue weighted by atomic mass is 10.1. The summed E-state index contributed by atoms with van der Waals surface area (Å²) in [6.07, 6.45) is 5.61. The average molecular weight is 351 g/mol. The van der Waals surface area contributed by atoms with Crippen molar-refractivity contribution >= 4 is 17.8 Å². The standard InChI is InChI=1S/C18H11F2N5O/c19-14-7-11(8-15(20)13(14)10-21)1-2-18(26)23-17-9-16(24-25-17)12-3-5-22-6-4-12/h1-9H,(H2,23,24,25,26). The predicted octanol–water partition coefficient (Wildman–Crippen LogP) is 3.27. The summed E-state index contributed by atoms with van der Waals surface area (Å²) >= 11 is 0. The van der Waals surface area contributed by atoms with Crippen LogP contribution in [0.2, 0.25) is 0 Å². The molecular formula is C18H11F2N5O. The van der Waals surface area contributed by atoms with Crippen LogP contribution in [0.5, 0.6) is 0 Å². The maximum Gasteiger partial charge on any atom is 0.249 e. The van der Waals surface area contributed by atoms with Crippen molar-refractivity contribution in [3.63, 3.8) is 0 Å². The van der Waals surface area contributed by atoms with Gasteiger partial charge in [0.05, 0.1) is 5.69 Å². The number of aromatic nitrogens is 3. The first-order valence-corrected chi connectivity index (χ1v) is 7.41. The number of amides is 1. The first kappa shape index (κ1) is 17.0. The van der Waals surface area contributed by atoms with Crippen LogP contribution < -0.4 is 5.32 Å². The van der Waals surface area contributed by atoms with Crippen LogP contribution in [0, 0.1) is 23.0 Å². The second-order valence-corrected chi connectivity index (χ2v) is 5.20. The second kappa shape index (κ2) is 7.36. The fraction of sp³-hybridized carbons (Fsp3) is 0. The van der Waals surface area contributed by atoms with Gasteiger partial charge in [0.1, 0.15) is 29.1 Å². The molecule has 0 fully saturated rings. The summed E-state index contributed by atoms with van der Waals surface area (Å²) in [6, 6.07) is 8.57. The largest absolute Gasteiger partial charge is 0.307 e. The van der Waals surface area contributed by atoms with Gasteiger partial charge in [-0.3, -0.25) is 14.9 Å². The zero-order valence-electron chi connectivity index (χ0n) is 13.2. The van der Waals surface area contributed by atoms with Crippen LogP contribution in [-0.2, 0) is 4.79 Å². The molecule has 1 aromatic carbocycles. The van der Waals surface area contributed by atoms with Crippen LogP contribution >= 0.6 is 0 Å². The minimum absolute atomic E-state index is 0.122. The highest BCUT2D eigenvalue weighted by atomic mass is 19.1. The van der Waals surface area contributed by atoms with Crippen molar-refractivity contribution in [1.29, 1.82) is 5.26 Å². The molecule has 0 aliphatic carbocycles. The molecule has 0 saturated carbocycles. The van der Waals surface area contributed by atoms with E-state index in [1.54, 1.807) is 30.6 Å². The minimum Gasteiger partial charge on any atom is -0.307 e. The molecule has 1 amide bonds. The molecule has 0 saturated heterocycles. The lowest BCUT2D eigenvalue weighted by molar-refractivity contribution is -0.111. The van der Waals surface area contributed by atoms with E-state index in [9.17, 15) is 13.6 Å². The third-order valence-electron chi connectivity index (χ3n) is 3.42. The second-order valence-electron chi connectivity index (χ2n) is 5.20. The number of rotatable bonds is 4. The Morgan fingerprint density at radius 3 is 2.54 bits per heavy atom. The molecule has 2 heterocycles. The van der Waals surface area contributed by atoms with E-state index >= 15 is 0 Å². The minimum atomic E-state index is -0.983. The SMILES string of the molecule is N#Cc1c(F)cc(C=CC(=O)Nc2cc(-c3ccncc3)n[nH]2)cc1F. The Balaban J connectivity index is 1.69. The smallest absolute Gasteiger partial charge is 0.249 e. The van der Waals surface area contributed by atoms with Crippen LogP contribution in [-0.4, -0.2) is 21.1 Å². The molecular weight excluding hydrogens is 340 g/mol. The summed E-state index contributed by atoms with van der Waals surface area (Å²) < 4.78 is 27.1. The van der Waals surface area contributed by atoms with E-state index in [1.807, 2.05) is 0 Å². The number of carbonyl (C=O) groups is 1. The van der Waals surface area contributed by atoms with Crippen LogP contribution in [0.3, 0.4) is 0 Å². The number of hydrogen-bond acceptors (Lipinski definition) is 4.